The van der Waals surface area contributed by atoms with Gasteiger partial charge in [0.25, 0.3) is 0 Å². The Morgan fingerprint density at radius 3 is 2.73 bits per heavy atom. The number of carbonyl (C=O) groups is 2. The molecule has 0 aromatic heterocycles. The van der Waals surface area contributed by atoms with E-state index in [1.165, 1.54) is 23.9 Å². The number of hydrogen-bond acceptors (Lipinski definition) is 4. The van der Waals surface area contributed by atoms with Gasteiger partial charge in [0, 0.05) is 11.8 Å². The number of carbonyl (C=O) groups excluding carboxylic acids is 1. The topological polar surface area (TPSA) is 63.6 Å². The van der Waals surface area contributed by atoms with E-state index in [2.05, 4.69) is 6.58 Å². The lowest BCUT2D eigenvalue weighted by Gasteiger charge is -2.11. The van der Waals surface area contributed by atoms with Crippen molar-refractivity contribution in [3.8, 4) is 0 Å². The standard InChI is InChI=1S/C10H14O4S/c1-3-5-6-9(11)14-8(10(12)13)7-15-4-2/h3,5-6,8H,1,4,7H2,2H3,(H,12,13)/b6-5+. The first-order valence-electron chi connectivity index (χ1n) is 4.42. The summed E-state index contributed by atoms with van der Waals surface area (Å²) in [6.45, 7) is 5.29. The zero-order valence-corrected chi connectivity index (χ0v) is 9.33. The van der Waals surface area contributed by atoms with E-state index in [0.29, 0.717) is 0 Å². The van der Waals surface area contributed by atoms with Crippen LogP contribution in [0.5, 0.6) is 0 Å². The molecule has 0 fully saturated rings. The molecule has 0 rings (SSSR count). The molecule has 0 aromatic carbocycles. The summed E-state index contributed by atoms with van der Waals surface area (Å²) in [6, 6.07) is 0. The van der Waals surface area contributed by atoms with Crippen LogP contribution in [0.2, 0.25) is 0 Å². The molecule has 15 heavy (non-hydrogen) atoms. The molecule has 0 saturated carbocycles. The number of allylic oxidation sites excluding steroid dienone is 2. The average molecular weight is 230 g/mol. The van der Waals surface area contributed by atoms with E-state index in [1.807, 2.05) is 6.92 Å². The monoisotopic (exact) mass is 230 g/mol. The second kappa shape index (κ2) is 8.11. The van der Waals surface area contributed by atoms with Crippen molar-refractivity contribution in [3.63, 3.8) is 0 Å². The molecule has 0 amide bonds. The van der Waals surface area contributed by atoms with Crippen LogP contribution < -0.4 is 0 Å². The fourth-order valence-electron chi connectivity index (χ4n) is 0.707. The van der Waals surface area contributed by atoms with Crippen molar-refractivity contribution in [2.75, 3.05) is 11.5 Å². The predicted octanol–water partition coefficient (Wildman–Crippen LogP) is 1.48. The summed E-state index contributed by atoms with van der Waals surface area (Å²) in [4.78, 5) is 21.7. The molecule has 0 aliphatic heterocycles. The minimum absolute atomic E-state index is 0.263. The molecule has 84 valence electrons. The second-order valence-electron chi connectivity index (χ2n) is 2.52. The van der Waals surface area contributed by atoms with Gasteiger partial charge in [0.15, 0.2) is 0 Å². The molecule has 0 aromatic rings. The van der Waals surface area contributed by atoms with Crippen LogP contribution in [0.25, 0.3) is 0 Å². The third-order valence-electron chi connectivity index (χ3n) is 1.38. The Morgan fingerprint density at radius 1 is 1.60 bits per heavy atom. The third kappa shape index (κ3) is 6.79. The van der Waals surface area contributed by atoms with E-state index in [-0.39, 0.29) is 5.75 Å². The first-order valence-corrected chi connectivity index (χ1v) is 5.57. The second-order valence-corrected chi connectivity index (χ2v) is 3.84. The van der Waals surface area contributed by atoms with Gasteiger partial charge in [-0.1, -0.05) is 25.7 Å². The molecule has 0 saturated heterocycles. The molecule has 0 heterocycles. The highest BCUT2D eigenvalue weighted by molar-refractivity contribution is 7.99. The molecule has 5 heteroatoms. The van der Waals surface area contributed by atoms with E-state index in [4.69, 9.17) is 9.84 Å². The molecular formula is C10H14O4S. The van der Waals surface area contributed by atoms with Crippen LogP contribution in [0, 0.1) is 0 Å². The third-order valence-corrected chi connectivity index (χ3v) is 2.32. The van der Waals surface area contributed by atoms with Gasteiger partial charge in [-0.05, 0) is 5.75 Å². The average Bonchev–Trinajstić information content (AvgIpc) is 2.20. The SMILES string of the molecule is C=C/C=C/C(=O)OC(CSCC)C(=O)O. The van der Waals surface area contributed by atoms with Crippen molar-refractivity contribution in [1.82, 2.24) is 0 Å². The summed E-state index contributed by atoms with van der Waals surface area (Å²) in [5, 5.41) is 8.74. The van der Waals surface area contributed by atoms with Crippen molar-refractivity contribution in [3.05, 3.63) is 24.8 Å². The summed E-state index contributed by atoms with van der Waals surface area (Å²) in [5.41, 5.74) is 0. The molecule has 0 spiro atoms. The number of esters is 1. The van der Waals surface area contributed by atoms with Gasteiger partial charge >= 0.3 is 11.9 Å². The van der Waals surface area contributed by atoms with Crippen LogP contribution in [0.3, 0.4) is 0 Å². The van der Waals surface area contributed by atoms with Crippen LogP contribution in [0.4, 0.5) is 0 Å². The number of hydrogen-bond donors (Lipinski definition) is 1. The van der Waals surface area contributed by atoms with Gasteiger partial charge in [-0.3, -0.25) is 0 Å². The molecule has 0 bridgehead atoms. The number of rotatable bonds is 7. The molecule has 4 nitrogen and oxygen atoms in total. The summed E-state index contributed by atoms with van der Waals surface area (Å²) in [5.74, 6) is -0.751. The maximum absolute atomic E-state index is 11.1. The van der Waals surface area contributed by atoms with Gasteiger partial charge in [-0.2, -0.15) is 11.8 Å². The molecule has 0 radical (unpaired) electrons. The van der Waals surface area contributed by atoms with Gasteiger partial charge < -0.3 is 9.84 Å². The maximum Gasteiger partial charge on any atom is 0.345 e. The van der Waals surface area contributed by atoms with Gasteiger partial charge in [0.1, 0.15) is 0 Å². The fraction of sp³-hybridized carbons (Fsp3) is 0.400. The lowest BCUT2D eigenvalue weighted by Crippen LogP contribution is -2.28. The predicted molar refractivity (Wildman–Crippen MR) is 59.9 cm³/mol. The Bertz CT molecular complexity index is 260. The highest BCUT2D eigenvalue weighted by atomic mass is 32.2. The zero-order valence-electron chi connectivity index (χ0n) is 8.51. The molecule has 1 unspecified atom stereocenters. The van der Waals surface area contributed by atoms with Crippen molar-refractivity contribution < 1.29 is 19.4 Å². The lowest BCUT2D eigenvalue weighted by atomic mass is 10.4. The molecule has 0 aliphatic carbocycles. The van der Waals surface area contributed by atoms with Gasteiger partial charge in [-0.15, -0.1) is 0 Å². The Kier molecular flexibility index (Phi) is 7.44. The van der Waals surface area contributed by atoms with Gasteiger partial charge in [-0.25, -0.2) is 9.59 Å². The smallest absolute Gasteiger partial charge is 0.345 e. The highest BCUT2D eigenvalue weighted by Gasteiger charge is 2.20. The zero-order chi connectivity index (χ0) is 11.7. The molecule has 1 N–H and O–H groups in total. The largest absolute Gasteiger partial charge is 0.478 e. The number of thioether (sulfide) groups is 1. The minimum atomic E-state index is -1.13. The van der Waals surface area contributed by atoms with Crippen LogP contribution in [-0.2, 0) is 14.3 Å². The van der Waals surface area contributed by atoms with E-state index >= 15 is 0 Å². The van der Waals surface area contributed by atoms with Crippen LogP contribution in [0.15, 0.2) is 24.8 Å². The summed E-state index contributed by atoms with van der Waals surface area (Å²) >= 11 is 1.41. The van der Waals surface area contributed by atoms with Crippen molar-refractivity contribution in [2.45, 2.75) is 13.0 Å². The first-order chi connectivity index (χ1) is 7.11. The van der Waals surface area contributed by atoms with Gasteiger partial charge in [0.2, 0.25) is 6.10 Å². The Hall–Kier alpha value is -1.23. The maximum atomic E-state index is 11.1. The van der Waals surface area contributed by atoms with Crippen molar-refractivity contribution in [1.29, 1.82) is 0 Å². The van der Waals surface area contributed by atoms with Crippen molar-refractivity contribution in [2.24, 2.45) is 0 Å². The van der Waals surface area contributed by atoms with Crippen LogP contribution in [-0.4, -0.2) is 34.7 Å². The Labute approximate surface area is 93.0 Å². The number of carboxylic acids is 1. The van der Waals surface area contributed by atoms with E-state index < -0.39 is 18.0 Å². The summed E-state index contributed by atoms with van der Waals surface area (Å²) < 4.78 is 4.72. The molecule has 1 atom stereocenters. The number of carboxylic acid groups (broad SMARTS) is 1. The van der Waals surface area contributed by atoms with Crippen LogP contribution in [0.1, 0.15) is 6.92 Å². The number of aliphatic carboxylic acids is 1. The van der Waals surface area contributed by atoms with Gasteiger partial charge in [0.05, 0.1) is 0 Å². The molecular weight excluding hydrogens is 216 g/mol. The Morgan fingerprint density at radius 2 is 2.27 bits per heavy atom. The quantitative estimate of drug-likeness (QED) is 0.408. The fourth-order valence-corrected chi connectivity index (χ4v) is 1.37. The summed E-state index contributed by atoms with van der Waals surface area (Å²) in [7, 11) is 0. The Balaban J connectivity index is 4.15. The van der Waals surface area contributed by atoms with Crippen LogP contribution >= 0.6 is 11.8 Å². The lowest BCUT2D eigenvalue weighted by molar-refractivity contribution is -0.158. The van der Waals surface area contributed by atoms with E-state index in [1.54, 1.807) is 0 Å². The van der Waals surface area contributed by atoms with E-state index in [9.17, 15) is 9.59 Å². The highest BCUT2D eigenvalue weighted by Crippen LogP contribution is 2.06. The van der Waals surface area contributed by atoms with E-state index in [0.717, 1.165) is 11.8 Å². The minimum Gasteiger partial charge on any atom is -0.478 e. The normalized spacial score (nSPS) is 12.3. The summed E-state index contributed by atoms with van der Waals surface area (Å²) in [6.07, 6.45) is 2.86. The molecule has 0 aliphatic rings. The van der Waals surface area contributed by atoms with Crippen molar-refractivity contribution >= 4 is 23.7 Å². The first kappa shape index (κ1) is 13.8. The number of ether oxygens (including phenoxy) is 1.